The number of esters is 1. The molecule has 0 bridgehead atoms. The molecule has 8 heteroatoms. The number of thioether (sulfide) groups is 1. The Morgan fingerprint density at radius 1 is 1.30 bits per heavy atom. The largest absolute Gasteiger partial charge is 0.516 e. The van der Waals surface area contributed by atoms with E-state index in [0.29, 0.717) is 11.7 Å². The molecule has 0 spiro atoms. The Labute approximate surface area is 140 Å². The first-order valence-corrected chi connectivity index (χ1v) is 9.06. The summed E-state index contributed by atoms with van der Waals surface area (Å²) < 4.78 is 9.37. The first-order valence-electron chi connectivity index (χ1n) is 8.01. The van der Waals surface area contributed by atoms with Gasteiger partial charge in [0.25, 0.3) is 0 Å². The van der Waals surface area contributed by atoms with Crippen LogP contribution < -0.4 is 10.6 Å². The first-order chi connectivity index (χ1) is 11.0. The summed E-state index contributed by atoms with van der Waals surface area (Å²) >= 11 is 1.85. The molecule has 0 radical (unpaired) electrons. The molecule has 0 saturated carbocycles. The van der Waals surface area contributed by atoms with Gasteiger partial charge in [-0.1, -0.05) is 20.3 Å². The van der Waals surface area contributed by atoms with Gasteiger partial charge < -0.3 is 20.1 Å². The molecular formula is C15H24N2O5S. The van der Waals surface area contributed by atoms with Gasteiger partial charge in [-0.05, 0) is 18.8 Å². The third kappa shape index (κ3) is 5.60. The monoisotopic (exact) mass is 344 g/mol. The summed E-state index contributed by atoms with van der Waals surface area (Å²) in [4.78, 5) is 34.0. The van der Waals surface area contributed by atoms with Crippen LogP contribution >= 0.6 is 11.8 Å². The Morgan fingerprint density at radius 2 is 2.09 bits per heavy atom. The second-order valence-electron chi connectivity index (χ2n) is 6.30. The normalized spacial score (nSPS) is 25.7. The Bertz CT molecular complexity index is 457. The second-order valence-corrected chi connectivity index (χ2v) is 7.57. The highest BCUT2D eigenvalue weighted by Gasteiger charge is 2.42. The predicted molar refractivity (Wildman–Crippen MR) is 86.2 cm³/mol. The number of hydrogen-bond acceptors (Lipinski definition) is 6. The molecule has 2 aliphatic heterocycles. The molecule has 0 aliphatic carbocycles. The van der Waals surface area contributed by atoms with Crippen LogP contribution in [0.2, 0.25) is 0 Å². The van der Waals surface area contributed by atoms with E-state index in [1.165, 1.54) is 0 Å². The third-order valence-electron chi connectivity index (χ3n) is 3.79. The molecule has 2 aliphatic rings. The molecule has 2 amide bonds. The van der Waals surface area contributed by atoms with Crippen LogP contribution in [-0.2, 0) is 14.3 Å². The summed E-state index contributed by atoms with van der Waals surface area (Å²) in [6.45, 7) is 4.05. The molecule has 0 aromatic carbocycles. The van der Waals surface area contributed by atoms with Crippen molar-refractivity contribution in [1.29, 1.82) is 0 Å². The number of hydrogen-bond donors (Lipinski definition) is 2. The van der Waals surface area contributed by atoms with Gasteiger partial charge in [0.1, 0.15) is 0 Å². The van der Waals surface area contributed by atoms with Crippen molar-refractivity contribution in [3.05, 3.63) is 0 Å². The molecule has 23 heavy (non-hydrogen) atoms. The summed E-state index contributed by atoms with van der Waals surface area (Å²) in [6, 6.07) is 0.317. The average Bonchev–Trinajstić information content (AvgIpc) is 3.01. The van der Waals surface area contributed by atoms with E-state index in [1.807, 2.05) is 25.6 Å². The van der Waals surface area contributed by atoms with Crippen molar-refractivity contribution in [2.45, 2.75) is 56.9 Å². The van der Waals surface area contributed by atoms with E-state index < -0.39 is 12.1 Å². The van der Waals surface area contributed by atoms with E-state index in [-0.39, 0.29) is 37.1 Å². The maximum Gasteiger partial charge on any atom is 0.516 e. The number of amides is 2. The van der Waals surface area contributed by atoms with Crippen LogP contribution in [0.25, 0.3) is 0 Å². The van der Waals surface area contributed by atoms with Gasteiger partial charge in [-0.2, -0.15) is 11.8 Å². The van der Waals surface area contributed by atoms with Crippen molar-refractivity contribution in [3.63, 3.8) is 0 Å². The molecule has 3 unspecified atom stereocenters. The predicted octanol–water partition coefficient (Wildman–Crippen LogP) is 2.05. The first kappa shape index (κ1) is 17.9. The van der Waals surface area contributed by atoms with E-state index >= 15 is 0 Å². The Kier molecular flexibility index (Phi) is 6.56. The van der Waals surface area contributed by atoms with Gasteiger partial charge in [-0.25, -0.2) is 9.59 Å². The molecule has 0 aromatic heterocycles. The fraction of sp³-hybridized carbons (Fsp3) is 0.800. The van der Waals surface area contributed by atoms with Gasteiger partial charge >= 0.3 is 18.2 Å². The lowest BCUT2D eigenvalue weighted by Gasteiger charge is -2.16. The van der Waals surface area contributed by atoms with E-state index in [9.17, 15) is 14.4 Å². The van der Waals surface area contributed by atoms with Crippen molar-refractivity contribution >= 4 is 29.9 Å². The number of urea groups is 1. The molecule has 3 atom stereocenters. The standard InChI is InChI=1S/C15H24N2O5S/c1-9(2)7-21-15(20)22-12(18)6-4-3-5-11-13-10(8-23-11)16-14(19)17-13/h9-11,13H,3-8H2,1-2H3,(H2,16,17,19). The highest BCUT2D eigenvalue weighted by atomic mass is 32.2. The number of fused-ring (bicyclic) bond motifs is 1. The Hall–Kier alpha value is -1.44. The zero-order valence-corrected chi connectivity index (χ0v) is 14.3. The molecule has 2 rings (SSSR count). The van der Waals surface area contributed by atoms with Crippen molar-refractivity contribution in [1.82, 2.24) is 10.6 Å². The lowest BCUT2D eigenvalue weighted by molar-refractivity contribution is -0.140. The molecule has 2 heterocycles. The van der Waals surface area contributed by atoms with Gasteiger partial charge in [0.05, 0.1) is 18.7 Å². The minimum atomic E-state index is -0.919. The van der Waals surface area contributed by atoms with Crippen LogP contribution in [0.15, 0.2) is 0 Å². The lowest BCUT2D eigenvalue weighted by atomic mass is 10.0. The smallest absolute Gasteiger partial charge is 0.434 e. The van der Waals surface area contributed by atoms with Gasteiger partial charge in [0, 0.05) is 17.4 Å². The summed E-state index contributed by atoms with van der Waals surface area (Å²) in [7, 11) is 0. The fourth-order valence-corrected chi connectivity index (χ4v) is 4.21. The number of ether oxygens (including phenoxy) is 2. The average molecular weight is 344 g/mol. The molecule has 2 fully saturated rings. The maximum atomic E-state index is 11.5. The zero-order chi connectivity index (χ0) is 16.8. The number of unbranched alkanes of at least 4 members (excludes halogenated alkanes) is 1. The SMILES string of the molecule is CC(C)COC(=O)OC(=O)CCCCC1SCC2NC(=O)NC21. The Morgan fingerprint density at radius 3 is 2.83 bits per heavy atom. The molecule has 7 nitrogen and oxygen atoms in total. The number of rotatable bonds is 7. The second kappa shape index (κ2) is 8.42. The van der Waals surface area contributed by atoms with E-state index in [4.69, 9.17) is 4.74 Å². The van der Waals surface area contributed by atoms with E-state index in [1.54, 1.807) is 0 Å². The molecular weight excluding hydrogens is 320 g/mol. The van der Waals surface area contributed by atoms with Crippen LogP contribution in [0.1, 0.15) is 39.5 Å². The molecule has 130 valence electrons. The van der Waals surface area contributed by atoms with Gasteiger partial charge in [0.2, 0.25) is 0 Å². The van der Waals surface area contributed by atoms with Crippen LogP contribution in [-0.4, -0.2) is 47.8 Å². The van der Waals surface area contributed by atoms with E-state index in [0.717, 1.165) is 18.6 Å². The third-order valence-corrected chi connectivity index (χ3v) is 5.30. The number of carbonyl (C=O) groups excluding carboxylic acids is 3. The summed E-state index contributed by atoms with van der Waals surface area (Å²) in [5.74, 6) is 0.583. The quantitative estimate of drug-likeness (QED) is 0.318. The number of nitrogens with one attached hydrogen (secondary N) is 2. The van der Waals surface area contributed by atoms with Gasteiger partial charge in [-0.15, -0.1) is 0 Å². The van der Waals surface area contributed by atoms with Gasteiger partial charge in [-0.3, -0.25) is 4.79 Å². The molecule has 2 saturated heterocycles. The highest BCUT2D eigenvalue weighted by Crippen LogP contribution is 2.33. The zero-order valence-electron chi connectivity index (χ0n) is 13.5. The van der Waals surface area contributed by atoms with Gasteiger partial charge in [0.15, 0.2) is 0 Å². The minimum absolute atomic E-state index is 0.0891. The van der Waals surface area contributed by atoms with Crippen molar-refractivity contribution in [2.24, 2.45) is 5.92 Å². The summed E-state index contributed by atoms with van der Waals surface area (Å²) in [5, 5.41) is 6.22. The van der Waals surface area contributed by atoms with Crippen LogP contribution in [0.3, 0.4) is 0 Å². The van der Waals surface area contributed by atoms with Crippen molar-refractivity contribution < 1.29 is 23.9 Å². The van der Waals surface area contributed by atoms with E-state index in [2.05, 4.69) is 15.4 Å². The summed E-state index contributed by atoms with van der Waals surface area (Å²) in [5.41, 5.74) is 0. The lowest BCUT2D eigenvalue weighted by Crippen LogP contribution is -2.36. The van der Waals surface area contributed by atoms with Crippen LogP contribution in [0.5, 0.6) is 0 Å². The van der Waals surface area contributed by atoms with Crippen molar-refractivity contribution in [3.8, 4) is 0 Å². The Balaban J connectivity index is 1.56. The summed E-state index contributed by atoms with van der Waals surface area (Å²) in [6.07, 6.45) is 1.72. The highest BCUT2D eigenvalue weighted by molar-refractivity contribution is 8.00. The topological polar surface area (TPSA) is 93.7 Å². The minimum Gasteiger partial charge on any atom is -0.434 e. The van der Waals surface area contributed by atoms with Crippen molar-refractivity contribution in [2.75, 3.05) is 12.4 Å². The maximum absolute atomic E-state index is 11.5. The number of carbonyl (C=O) groups is 3. The molecule has 2 N–H and O–H groups in total. The molecule has 0 aromatic rings. The van der Waals surface area contributed by atoms with Crippen LogP contribution in [0.4, 0.5) is 9.59 Å². The van der Waals surface area contributed by atoms with Crippen LogP contribution in [0, 0.1) is 5.92 Å². The fourth-order valence-electron chi connectivity index (χ4n) is 2.67.